The molecule has 3 aromatic rings. The van der Waals surface area contributed by atoms with Gasteiger partial charge in [0.15, 0.2) is 0 Å². The smallest absolute Gasteiger partial charge is 0.123 e. The molecule has 1 fully saturated rings. The highest BCUT2D eigenvalue weighted by Crippen LogP contribution is 2.31. The Morgan fingerprint density at radius 1 is 0.906 bits per heavy atom. The third kappa shape index (κ3) is 5.72. The minimum atomic E-state index is -0.390. The maximum atomic E-state index is 13.5. The van der Waals surface area contributed by atoms with E-state index < -0.39 is 6.10 Å². The molecule has 1 atom stereocenters. The van der Waals surface area contributed by atoms with E-state index >= 15 is 0 Å². The van der Waals surface area contributed by atoms with Gasteiger partial charge in [0.05, 0.1) is 7.11 Å². The van der Waals surface area contributed by atoms with Crippen molar-refractivity contribution in [3.63, 3.8) is 0 Å². The van der Waals surface area contributed by atoms with E-state index in [4.69, 9.17) is 9.47 Å². The number of hydrogen-bond donors (Lipinski definition) is 0. The maximum absolute atomic E-state index is 13.5. The van der Waals surface area contributed by atoms with E-state index in [2.05, 4.69) is 17.0 Å². The normalized spacial score (nSPS) is 16.9. The summed E-state index contributed by atoms with van der Waals surface area (Å²) in [6.45, 7) is 1.84. The first-order chi connectivity index (χ1) is 15.6. The Morgan fingerprint density at radius 3 is 2.19 bits per heavy atom. The first-order valence-corrected chi connectivity index (χ1v) is 11.2. The molecular formula is C27H29F2NO2. The second kappa shape index (κ2) is 10.7. The fraction of sp³-hybridized carbons (Fsp3) is 0.333. The van der Waals surface area contributed by atoms with Crippen molar-refractivity contribution in [1.82, 2.24) is 4.90 Å². The summed E-state index contributed by atoms with van der Waals surface area (Å²) in [5.74, 6) is 0.287. The SMILES string of the molecule is COc1cccc(CCN2CCCCC2OC(c2ccc(F)cc2)c2ccc(F)cc2)c1. The summed E-state index contributed by atoms with van der Waals surface area (Å²) in [7, 11) is 1.68. The third-order valence-electron chi connectivity index (χ3n) is 6.01. The van der Waals surface area contributed by atoms with E-state index in [9.17, 15) is 8.78 Å². The molecule has 5 heteroatoms. The number of hydrogen-bond acceptors (Lipinski definition) is 3. The van der Waals surface area contributed by atoms with Crippen molar-refractivity contribution in [3.05, 3.63) is 101 Å². The molecule has 0 saturated carbocycles. The number of ether oxygens (including phenoxy) is 2. The van der Waals surface area contributed by atoms with E-state index in [1.54, 1.807) is 31.4 Å². The second-order valence-electron chi connectivity index (χ2n) is 8.21. The lowest BCUT2D eigenvalue weighted by Crippen LogP contribution is -2.43. The standard InChI is InChI=1S/C27H29F2NO2/c1-31-25-6-4-5-20(19-25)16-18-30-17-3-2-7-26(30)32-27(21-8-12-23(28)13-9-21)22-10-14-24(29)15-11-22/h4-6,8-15,19,26-27H,2-3,7,16-18H2,1H3. The van der Waals surface area contributed by atoms with Crippen LogP contribution in [0.15, 0.2) is 72.8 Å². The summed E-state index contributed by atoms with van der Waals surface area (Å²) >= 11 is 0. The molecular weight excluding hydrogens is 408 g/mol. The first kappa shape index (κ1) is 22.4. The third-order valence-corrected chi connectivity index (χ3v) is 6.01. The molecule has 0 spiro atoms. The summed E-state index contributed by atoms with van der Waals surface area (Å²) < 4.78 is 39.1. The summed E-state index contributed by atoms with van der Waals surface area (Å²) in [5.41, 5.74) is 2.94. The van der Waals surface area contributed by atoms with Crippen molar-refractivity contribution < 1.29 is 18.3 Å². The van der Waals surface area contributed by atoms with E-state index in [0.29, 0.717) is 0 Å². The Hall–Kier alpha value is -2.76. The fourth-order valence-electron chi connectivity index (χ4n) is 4.25. The molecule has 1 aliphatic rings. The van der Waals surface area contributed by atoms with Gasteiger partial charge in [-0.2, -0.15) is 0 Å². The highest BCUT2D eigenvalue weighted by atomic mass is 19.1. The number of rotatable bonds is 8. The van der Waals surface area contributed by atoms with Crippen LogP contribution < -0.4 is 4.74 Å². The van der Waals surface area contributed by atoms with Crippen LogP contribution in [0.2, 0.25) is 0 Å². The number of likely N-dealkylation sites (tertiary alicyclic amines) is 1. The van der Waals surface area contributed by atoms with Crippen LogP contribution in [0.25, 0.3) is 0 Å². The van der Waals surface area contributed by atoms with Crippen molar-refractivity contribution >= 4 is 0 Å². The molecule has 1 saturated heterocycles. The van der Waals surface area contributed by atoms with Crippen LogP contribution in [0, 0.1) is 11.6 Å². The number of nitrogens with zero attached hydrogens (tertiary/aromatic N) is 1. The molecule has 0 aliphatic carbocycles. The second-order valence-corrected chi connectivity index (χ2v) is 8.21. The maximum Gasteiger partial charge on any atom is 0.123 e. The van der Waals surface area contributed by atoms with Gasteiger partial charge in [-0.25, -0.2) is 8.78 Å². The molecule has 0 radical (unpaired) electrons. The number of halogens is 2. The van der Waals surface area contributed by atoms with Crippen LogP contribution in [0.3, 0.4) is 0 Å². The molecule has 1 aliphatic heterocycles. The van der Waals surface area contributed by atoms with Crippen LogP contribution in [-0.4, -0.2) is 31.3 Å². The molecule has 3 nitrogen and oxygen atoms in total. The molecule has 1 heterocycles. The van der Waals surface area contributed by atoms with Gasteiger partial charge in [-0.15, -0.1) is 0 Å². The van der Waals surface area contributed by atoms with E-state index in [-0.39, 0.29) is 17.9 Å². The van der Waals surface area contributed by atoms with Crippen molar-refractivity contribution in [2.24, 2.45) is 0 Å². The Balaban J connectivity index is 1.52. The molecule has 168 valence electrons. The van der Waals surface area contributed by atoms with Crippen LogP contribution in [-0.2, 0) is 11.2 Å². The van der Waals surface area contributed by atoms with Crippen LogP contribution >= 0.6 is 0 Å². The molecule has 0 amide bonds. The van der Waals surface area contributed by atoms with Gasteiger partial charge >= 0.3 is 0 Å². The highest BCUT2D eigenvalue weighted by molar-refractivity contribution is 5.31. The molecule has 1 unspecified atom stereocenters. The van der Waals surface area contributed by atoms with Crippen LogP contribution in [0.1, 0.15) is 42.1 Å². The number of benzene rings is 3. The van der Waals surface area contributed by atoms with Crippen molar-refractivity contribution in [2.75, 3.05) is 20.2 Å². The van der Waals surface area contributed by atoms with Crippen LogP contribution in [0.4, 0.5) is 8.78 Å². The van der Waals surface area contributed by atoms with Gasteiger partial charge in [0.25, 0.3) is 0 Å². The average molecular weight is 438 g/mol. The number of methoxy groups -OCH3 is 1. The van der Waals surface area contributed by atoms with Crippen molar-refractivity contribution in [2.45, 2.75) is 38.0 Å². The Bertz CT molecular complexity index is 946. The van der Waals surface area contributed by atoms with Gasteiger partial charge in [-0.1, -0.05) is 36.4 Å². The Morgan fingerprint density at radius 2 is 1.56 bits per heavy atom. The average Bonchev–Trinajstić information content (AvgIpc) is 2.83. The van der Waals surface area contributed by atoms with Gasteiger partial charge in [0.2, 0.25) is 0 Å². The van der Waals surface area contributed by atoms with E-state index in [0.717, 1.165) is 55.6 Å². The quantitative estimate of drug-likeness (QED) is 0.423. The van der Waals surface area contributed by atoms with Gasteiger partial charge in [0, 0.05) is 13.1 Å². The lowest BCUT2D eigenvalue weighted by atomic mass is 10.0. The summed E-state index contributed by atoms with van der Waals surface area (Å²) in [5, 5.41) is 0. The summed E-state index contributed by atoms with van der Waals surface area (Å²) in [6.07, 6.45) is 3.61. The highest BCUT2D eigenvalue weighted by Gasteiger charge is 2.27. The monoisotopic (exact) mass is 437 g/mol. The lowest BCUT2D eigenvalue weighted by Gasteiger charge is -2.38. The zero-order valence-corrected chi connectivity index (χ0v) is 18.3. The van der Waals surface area contributed by atoms with Crippen molar-refractivity contribution in [1.29, 1.82) is 0 Å². The van der Waals surface area contributed by atoms with Gasteiger partial charge in [0.1, 0.15) is 29.7 Å². The van der Waals surface area contributed by atoms with E-state index in [1.807, 2.05) is 12.1 Å². The van der Waals surface area contributed by atoms with Crippen molar-refractivity contribution in [3.8, 4) is 5.75 Å². The summed E-state index contributed by atoms with van der Waals surface area (Å²) in [4.78, 5) is 2.38. The van der Waals surface area contributed by atoms with Gasteiger partial charge in [-0.05, 0) is 78.8 Å². The van der Waals surface area contributed by atoms with Gasteiger partial charge in [-0.3, -0.25) is 4.90 Å². The minimum Gasteiger partial charge on any atom is -0.497 e. The van der Waals surface area contributed by atoms with Crippen LogP contribution in [0.5, 0.6) is 5.75 Å². The molecule has 0 bridgehead atoms. The Kier molecular flexibility index (Phi) is 7.51. The Labute approximate surface area is 188 Å². The largest absolute Gasteiger partial charge is 0.497 e. The molecule has 32 heavy (non-hydrogen) atoms. The lowest BCUT2D eigenvalue weighted by molar-refractivity contribution is -0.105. The minimum absolute atomic E-state index is 0.0607. The molecule has 4 rings (SSSR count). The van der Waals surface area contributed by atoms with E-state index in [1.165, 1.54) is 29.8 Å². The predicted octanol–water partition coefficient (Wildman–Crippen LogP) is 6.13. The predicted molar refractivity (Wildman–Crippen MR) is 122 cm³/mol. The molecule has 3 aromatic carbocycles. The summed E-state index contributed by atoms with van der Waals surface area (Å²) in [6, 6.07) is 20.9. The molecule has 0 N–H and O–H groups in total. The fourth-order valence-corrected chi connectivity index (χ4v) is 4.25. The van der Waals surface area contributed by atoms with Gasteiger partial charge < -0.3 is 9.47 Å². The zero-order valence-electron chi connectivity index (χ0n) is 18.3. The zero-order chi connectivity index (χ0) is 22.3. The number of piperidine rings is 1. The first-order valence-electron chi connectivity index (χ1n) is 11.2. The topological polar surface area (TPSA) is 21.7 Å². The molecule has 0 aromatic heterocycles.